The van der Waals surface area contributed by atoms with Crippen LogP contribution in [-0.4, -0.2) is 46.9 Å². The maximum Gasteiger partial charge on any atom is 0.320 e. The number of carbonyl (C=O) groups is 1. The standard InChI is InChI=1S/C24H33N5O2/c1-24(2,3)16-31-23-26-21(25)20-12-19(30)15-29(22(20)27-23)14-18-8-6-7-17(11-18)13-28-9-4-5-10-28/h6-8,11H,4-5,9-10,12-16H2,1-3H3,(H2,25,26,27). The molecular formula is C24H33N5O2. The van der Waals surface area contributed by atoms with Gasteiger partial charge in [-0.1, -0.05) is 45.0 Å². The highest BCUT2D eigenvalue weighted by molar-refractivity contribution is 5.91. The summed E-state index contributed by atoms with van der Waals surface area (Å²) in [6.45, 7) is 11.0. The van der Waals surface area contributed by atoms with Crippen LogP contribution in [0.3, 0.4) is 0 Å². The molecule has 31 heavy (non-hydrogen) atoms. The smallest absolute Gasteiger partial charge is 0.320 e. The summed E-state index contributed by atoms with van der Waals surface area (Å²) < 4.78 is 5.82. The third-order valence-electron chi connectivity index (χ3n) is 5.64. The molecule has 0 spiro atoms. The van der Waals surface area contributed by atoms with E-state index in [0.717, 1.165) is 12.1 Å². The minimum absolute atomic E-state index is 0.0144. The summed E-state index contributed by atoms with van der Waals surface area (Å²) in [5, 5.41) is 0. The number of hydrogen-bond acceptors (Lipinski definition) is 7. The highest BCUT2D eigenvalue weighted by Gasteiger charge is 2.28. The topological polar surface area (TPSA) is 84.6 Å². The van der Waals surface area contributed by atoms with Gasteiger partial charge < -0.3 is 15.4 Å². The Hall–Kier alpha value is -2.67. The number of nitrogens with zero attached hydrogens (tertiary/aromatic N) is 4. The van der Waals surface area contributed by atoms with Crippen molar-refractivity contribution < 1.29 is 9.53 Å². The van der Waals surface area contributed by atoms with Gasteiger partial charge in [0.05, 0.1) is 13.2 Å². The van der Waals surface area contributed by atoms with E-state index in [1.54, 1.807) is 0 Å². The van der Waals surface area contributed by atoms with Crippen molar-refractivity contribution in [1.82, 2.24) is 14.9 Å². The summed E-state index contributed by atoms with van der Waals surface area (Å²) >= 11 is 0. The molecule has 0 aliphatic carbocycles. The highest BCUT2D eigenvalue weighted by atomic mass is 16.5. The van der Waals surface area contributed by atoms with E-state index in [0.29, 0.717) is 36.9 Å². The van der Waals surface area contributed by atoms with Gasteiger partial charge in [0.2, 0.25) is 0 Å². The minimum Gasteiger partial charge on any atom is -0.463 e. The summed E-state index contributed by atoms with van der Waals surface area (Å²) in [6, 6.07) is 8.88. The second kappa shape index (κ2) is 8.83. The van der Waals surface area contributed by atoms with Crippen molar-refractivity contribution in [2.75, 3.05) is 36.9 Å². The Morgan fingerprint density at radius 3 is 2.52 bits per heavy atom. The predicted octanol–water partition coefficient (Wildman–Crippen LogP) is 3.21. The van der Waals surface area contributed by atoms with Gasteiger partial charge in [-0.25, -0.2) is 0 Å². The van der Waals surface area contributed by atoms with Crippen LogP contribution in [0.15, 0.2) is 24.3 Å². The molecule has 1 saturated heterocycles. The zero-order valence-electron chi connectivity index (χ0n) is 18.9. The Bertz CT molecular complexity index is 947. The van der Waals surface area contributed by atoms with Crippen molar-refractivity contribution in [2.45, 2.75) is 53.1 Å². The molecule has 166 valence electrons. The van der Waals surface area contributed by atoms with Crippen molar-refractivity contribution >= 4 is 17.4 Å². The molecule has 0 radical (unpaired) electrons. The summed E-state index contributed by atoms with van der Waals surface area (Å²) in [4.78, 5) is 25.9. The lowest BCUT2D eigenvalue weighted by Crippen LogP contribution is -2.37. The van der Waals surface area contributed by atoms with Crippen LogP contribution in [0.5, 0.6) is 6.01 Å². The normalized spacial score (nSPS) is 17.1. The average molecular weight is 424 g/mol. The molecule has 0 amide bonds. The van der Waals surface area contributed by atoms with Gasteiger partial charge in [-0.2, -0.15) is 9.97 Å². The third-order valence-corrected chi connectivity index (χ3v) is 5.64. The second-order valence-corrected chi connectivity index (χ2v) is 9.92. The van der Waals surface area contributed by atoms with Crippen LogP contribution in [-0.2, 0) is 24.3 Å². The lowest BCUT2D eigenvalue weighted by Gasteiger charge is -2.30. The fourth-order valence-electron chi connectivity index (χ4n) is 4.16. The molecule has 0 atom stereocenters. The Morgan fingerprint density at radius 2 is 1.81 bits per heavy atom. The van der Waals surface area contributed by atoms with Crippen LogP contribution in [0, 0.1) is 5.41 Å². The molecule has 2 aromatic rings. The first kappa shape index (κ1) is 21.6. The van der Waals surface area contributed by atoms with Crippen LogP contribution in [0.1, 0.15) is 50.3 Å². The summed E-state index contributed by atoms with van der Waals surface area (Å²) in [5.74, 6) is 1.16. The van der Waals surface area contributed by atoms with Crippen molar-refractivity contribution in [3.63, 3.8) is 0 Å². The lowest BCUT2D eigenvalue weighted by atomic mass is 9.99. The van der Waals surface area contributed by atoms with Gasteiger partial charge in [-0.15, -0.1) is 0 Å². The van der Waals surface area contributed by atoms with Crippen LogP contribution in [0.4, 0.5) is 11.6 Å². The summed E-state index contributed by atoms with van der Waals surface area (Å²) in [6.07, 6.45) is 2.84. The van der Waals surface area contributed by atoms with E-state index in [2.05, 4.69) is 59.9 Å². The fourth-order valence-corrected chi connectivity index (χ4v) is 4.16. The molecule has 1 fully saturated rings. The number of fused-ring (bicyclic) bond motifs is 1. The van der Waals surface area contributed by atoms with Crippen molar-refractivity contribution in [1.29, 1.82) is 0 Å². The zero-order chi connectivity index (χ0) is 22.0. The number of nitrogens with two attached hydrogens (primary N) is 1. The van der Waals surface area contributed by atoms with Crippen molar-refractivity contribution in [3.8, 4) is 6.01 Å². The Kier molecular flexibility index (Phi) is 6.14. The molecule has 2 aliphatic heterocycles. The van der Waals surface area contributed by atoms with E-state index in [4.69, 9.17) is 10.5 Å². The Morgan fingerprint density at radius 1 is 1.10 bits per heavy atom. The molecule has 1 aromatic carbocycles. The molecule has 7 heteroatoms. The van der Waals surface area contributed by atoms with Crippen LogP contribution < -0.4 is 15.4 Å². The minimum atomic E-state index is -0.0144. The Labute approximate surface area is 184 Å². The monoisotopic (exact) mass is 423 g/mol. The molecule has 7 nitrogen and oxygen atoms in total. The van der Waals surface area contributed by atoms with Crippen LogP contribution in [0.25, 0.3) is 0 Å². The van der Waals surface area contributed by atoms with Gasteiger partial charge in [0.15, 0.2) is 5.78 Å². The molecule has 3 heterocycles. The SMILES string of the molecule is CC(C)(C)COc1nc(N)c2c(n1)N(Cc1cccc(CN3CCCC3)c1)CC(=O)C2. The summed E-state index contributed by atoms with van der Waals surface area (Å²) in [5.41, 5.74) is 9.35. The largest absolute Gasteiger partial charge is 0.463 e. The number of rotatable bonds is 6. The van der Waals surface area contributed by atoms with Crippen molar-refractivity contribution in [2.24, 2.45) is 5.41 Å². The molecule has 4 rings (SSSR count). The predicted molar refractivity (Wildman–Crippen MR) is 122 cm³/mol. The molecule has 2 aliphatic rings. The first-order chi connectivity index (χ1) is 14.8. The number of hydrogen-bond donors (Lipinski definition) is 1. The number of carbonyl (C=O) groups excluding carboxylic acids is 1. The van der Waals surface area contributed by atoms with E-state index < -0.39 is 0 Å². The van der Waals surface area contributed by atoms with Gasteiger partial charge in [-0.05, 0) is 42.5 Å². The number of benzene rings is 1. The van der Waals surface area contributed by atoms with E-state index >= 15 is 0 Å². The second-order valence-electron chi connectivity index (χ2n) is 9.92. The number of nitrogen functional groups attached to an aromatic ring is 1. The fraction of sp³-hybridized carbons (Fsp3) is 0.542. The number of Topliss-reactive ketones (excluding diaryl/α,β-unsaturated/α-hetero) is 1. The van der Waals surface area contributed by atoms with E-state index in [9.17, 15) is 4.79 Å². The highest BCUT2D eigenvalue weighted by Crippen LogP contribution is 2.31. The molecule has 0 saturated carbocycles. The van der Waals surface area contributed by atoms with Gasteiger partial charge in [0.25, 0.3) is 0 Å². The number of ether oxygens (including phenoxy) is 1. The van der Waals surface area contributed by atoms with E-state index in [1.807, 2.05) is 4.90 Å². The lowest BCUT2D eigenvalue weighted by molar-refractivity contribution is -0.117. The van der Waals surface area contributed by atoms with Crippen LogP contribution >= 0.6 is 0 Å². The molecular weight excluding hydrogens is 390 g/mol. The number of ketones is 1. The quantitative estimate of drug-likeness (QED) is 0.764. The van der Waals surface area contributed by atoms with Gasteiger partial charge in [-0.3, -0.25) is 9.69 Å². The van der Waals surface area contributed by atoms with Crippen molar-refractivity contribution in [3.05, 3.63) is 41.0 Å². The molecule has 1 aromatic heterocycles. The molecule has 0 bridgehead atoms. The number of anilines is 2. The maximum absolute atomic E-state index is 12.4. The summed E-state index contributed by atoms with van der Waals surface area (Å²) in [7, 11) is 0. The third kappa shape index (κ3) is 5.53. The van der Waals surface area contributed by atoms with E-state index in [-0.39, 0.29) is 23.6 Å². The molecule has 0 unspecified atom stereocenters. The van der Waals surface area contributed by atoms with Gasteiger partial charge >= 0.3 is 6.01 Å². The van der Waals surface area contributed by atoms with Gasteiger partial charge in [0.1, 0.15) is 11.6 Å². The number of aromatic nitrogens is 2. The zero-order valence-corrected chi connectivity index (χ0v) is 18.9. The van der Waals surface area contributed by atoms with Crippen LogP contribution in [0.2, 0.25) is 0 Å². The Balaban J connectivity index is 1.55. The maximum atomic E-state index is 12.4. The van der Waals surface area contributed by atoms with E-state index in [1.165, 1.54) is 31.5 Å². The number of likely N-dealkylation sites (tertiary alicyclic amines) is 1. The first-order valence-electron chi connectivity index (χ1n) is 11.1. The average Bonchev–Trinajstić information content (AvgIpc) is 3.20. The molecule has 2 N–H and O–H groups in total. The first-order valence-corrected chi connectivity index (χ1v) is 11.1. The van der Waals surface area contributed by atoms with Gasteiger partial charge in [0, 0.05) is 25.1 Å².